The van der Waals surface area contributed by atoms with E-state index in [0.717, 1.165) is 18.5 Å². The number of pyridine rings is 1. The Kier molecular flexibility index (Phi) is 5.39. The molecule has 18 heavy (non-hydrogen) atoms. The van der Waals surface area contributed by atoms with Gasteiger partial charge in [-0.05, 0) is 18.1 Å². The molecule has 0 spiro atoms. The lowest BCUT2D eigenvalue weighted by Crippen LogP contribution is -2.42. The largest absolute Gasteiger partial charge is 0.326 e. The maximum atomic E-state index is 6.37. The van der Waals surface area contributed by atoms with Crippen LogP contribution in [0, 0.1) is 0 Å². The maximum Gasteiger partial charge on any atom is 0.0419 e. The topological polar surface area (TPSA) is 38.9 Å². The van der Waals surface area contributed by atoms with Crippen molar-refractivity contribution in [3.05, 3.63) is 29.6 Å². The van der Waals surface area contributed by atoms with E-state index in [1.165, 1.54) is 17.1 Å². The van der Waals surface area contributed by atoms with E-state index in [-0.39, 0.29) is 6.04 Å². The lowest BCUT2D eigenvalue weighted by Gasteiger charge is -2.32. The first-order valence-electron chi connectivity index (χ1n) is 6.63. The molecule has 3 unspecified atom stereocenters. The molecule has 0 radical (unpaired) electrons. The van der Waals surface area contributed by atoms with Crippen molar-refractivity contribution in [2.45, 2.75) is 43.2 Å². The van der Waals surface area contributed by atoms with Gasteiger partial charge in [0.2, 0.25) is 0 Å². The molecule has 1 saturated heterocycles. The molecule has 1 aliphatic heterocycles. The van der Waals surface area contributed by atoms with Crippen LogP contribution in [0.25, 0.3) is 0 Å². The fourth-order valence-corrected chi connectivity index (χ4v) is 5.15. The van der Waals surface area contributed by atoms with Gasteiger partial charge in [0.15, 0.2) is 0 Å². The van der Waals surface area contributed by atoms with E-state index >= 15 is 0 Å². The molecular weight excluding hydrogens is 260 g/mol. The van der Waals surface area contributed by atoms with Crippen molar-refractivity contribution in [1.29, 1.82) is 0 Å². The summed E-state index contributed by atoms with van der Waals surface area (Å²) in [4.78, 5) is 4.51. The summed E-state index contributed by atoms with van der Waals surface area (Å²) in [5.41, 5.74) is 8.79. The normalized spacial score (nSPS) is 25.9. The van der Waals surface area contributed by atoms with E-state index in [2.05, 4.69) is 31.0 Å². The number of thioether (sulfide) groups is 2. The zero-order chi connectivity index (χ0) is 13.0. The number of nitrogens with zero attached hydrogens (tertiary/aromatic N) is 1. The highest BCUT2D eigenvalue weighted by molar-refractivity contribution is 8.07. The van der Waals surface area contributed by atoms with Crippen LogP contribution in [0.3, 0.4) is 0 Å². The van der Waals surface area contributed by atoms with E-state index in [9.17, 15) is 0 Å². The third-order valence-electron chi connectivity index (χ3n) is 3.40. The average Bonchev–Trinajstić information content (AvgIpc) is 2.40. The fourth-order valence-electron chi connectivity index (χ4n) is 2.26. The molecule has 3 atom stereocenters. The first-order valence-corrected chi connectivity index (χ1v) is 8.73. The highest BCUT2D eigenvalue weighted by atomic mass is 32.2. The van der Waals surface area contributed by atoms with Gasteiger partial charge in [0.25, 0.3) is 0 Å². The summed E-state index contributed by atoms with van der Waals surface area (Å²) in [6, 6.07) is 4.52. The average molecular weight is 282 g/mol. The van der Waals surface area contributed by atoms with Crippen LogP contribution < -0.4 is 5.73 Å². The second kappa shape index (κ2) is 6.83. The van der Waals surface area contributed by atoms with Crippen LogP contribution in [-0.4, -0.2) is 33.0 Å². The van der Waals surface area contributed by atoms with Gasteiger partial charge in [-0.1, -0.05) is 19.9 Å². The first kappa shape index (κ1) is 14.2. The summed E-state index contributed by atoms with van der Waals surface area (Å²) in [5, 5.41) is 1.23. The van der Waals surface area contributed by atoms with Gasteiger partial charge < -0.3 is 5.73 Å². The minimum atomic E-state index is 0.220. The lowest BCUT2D eigenvalue weighted by molar-refractivity contribution is 0.614. The van der Waals surface area contributed by atoms with Crippen LogP contribution in [0.1, 0.15) is 25.1 Å². The van der Waals surface area contributed by atoms with Crippen LogP contribution in [0.4, 0.5) is 0 Å². The van der Waals surface area contributed by atoms with Gasteiger partial charge in [0, 0.05) is 46.4 Å². The fraction of sp³-hybridized carbons (Fsp3) is 0.643. The van der Waals surface area contributed by atoms with E-state index in [0.29, 0.717) is 10.5 Å². The van der Waals surface area contributed by atoms with Crippen LogP contribution in [0.5, 0.6) is 0 Å². The Hall–Kier alpha value is -0.190. The van der Waals surface area contributed by atoms with Gasteiger partial charge in [-0.15, -0.1) is 0 Å². The Morgan fingerprint density at radius 2 is 2.17 bits per heavy atom. The Bertz CT molecular complexity index is 367. The predicted octanol–water partition coefficient (Wildman–Crippen LogP) is 2.75. The Morgan fingerprint density at radius 1 is 1.39 bits per heavy atom. The molecule has 2 rings (SSSR count). The molecule has 4 heteroatoms. The molecule has 1 aromatic heterocycles. The number of hydrogen-bond acceptors (Lipinski definition) is 4. The molecule has 2 N–H and O–H groups in total. The van der Waals surface area contributed by atoms with Crippen molar-refractivity contribution in [2.24, 2.45) is 5.73 Å². The third kappa shape index (κ3) is 3.65. The molecule has 2 nitrogen and oxygen atoms in total. The van der Waals surface area contributed by atoms with Gasteiger partial charge in [-0.3, -0.25) is 4.98 Å². The minimum absolute atomic E-state index is 0.220. The molecule has 0 amide bonds. The quantitative estimate of drug-likeness (QED) is 0.921. The van der Waals surface area contributed by atoms with E-state index < -0.39 is 0 Å². The molecule has 0 saturated carbocycles. The number of aryl methyl sites for hydroxylation is 1. The molecule has 1 aliphatic rings. The second-order valence-corrected chi connectivity index (χ2v) is 7.56. The second-order valence-electron chi connectivity index (χ2n) is 4.79. The molecule has 1 aromatic rings. The van der Waals surface area contributed by atoms with E-state index in [1.54, 1.807) is 0 Å². The third-order valence-corrected chi connectivity index (χ3v) is 6.67. The molecule has 2 heterocycles. The maximum absolute atomic E-state index is 6.37. The summed E-state index contributed by atoms with van der Waals surface area (Å²) in [7, 11) is 0. The SMILES string of the molecule is CCc1ccc(CC(N)C2SCCSC2C)nc1. The van der Waals surface area contributed by atoms with Crippen molar-refractivity contribution in [1.82, 2.24) is 4.98 Å². The Balaban J connectivity index is 1.94. The van der Waals surface area contributed by atoms with Crippen LogP contribution >= 0.6 is 23.5 Å². The summed E-state index contributed by atoms with van der Waals surface area (Å²) < 4.78 is 0. The van der Waals surface area contributed by atoms with Gasteiger partial charge in [0.05, 0.1) is 0 Å². The van der Waals surface area contributed by atoms with Gasteiger partial charge in [-0.25, -0.2) is 0 Å². The Morgan fingerprint density at radius 3 is 2.78 bits per heavy atom. The number of hydrogen-bond donors (Lipinski definition) is 1. The smallest absolute Gasteiger partial charge is 0.0419 e. The summed E-state index contributed by atoms with van der Waals surface area (Å²) in [5.74, 6) is 2.49. The predicted molar refractivity (Wildman–Crippen MR) is 83.5 cm³/mol. The number of aromatic nitrogens is 1. The van der Waals surface area contributed by atoms with Crippen molar-refractivity contribution in [3.63, 3.8) is 0 Å². The first-order chi connectivity index (χ1) is 8.70. The van der Waals surface area contributed by atoms with E-state index in [4.69, 9.17) is 5.73 Å². The Labute approximate surface area is 119 Å². The minimum Gasteiger partial charge on any atom is -0.326 e. The standard InChI is InChI=1S/C14H22N2S2/c1-3-11-4-5-12(16-9-11)8-13(15)14-10(2)17-6-7-18-14/h4-5,9-10,13-14H,3,6-8,15H2,1-2H3. The molecule has 0 aliphatic carbocycles. The number of rotatable bonds is 4. The lowest BCUT2D eigenvalue weighted by atomic mass is 10.1. The van der Waals surface area contributed by atoms with Gasteiger partial charge >= 0.3 is 0 Å². The van der Waals surface area contributed by atoms with Crippen molar-refractivity contribution < 1.29 is 0 Å². The summed E-state index contributed by atoms with van der Waals surface area (Å²) in [6.07, 6.45) is 3.92. The van der Waals surface area contributed by atoms with Crippen LogP contribution in [-0.2, 0) is 12.8 Å². The molecule has 0 bridgehead atoms. The number of nitrogens with two attached hydrogens (primary N) is 1. The molecule has 1 fully saturated rings. The van der Waals surface area contributed by atoms with E-state index in [1.807, 2.05) is 29.7 Å². The van der Waals surface area contributed by atoms with Crippen molar-refractivity contribution >= 4 is 23.5 Å². The summed E-state index contributed by atoms with van der Waals surface area (Å²) >= 11 is 4.08. The van der Waals surface area contributed by atoms with Gasteiger partial charge in [-0.2, -0.15) is 23.5 Å². The molecule has 0 aromatic carbocycles. The zero-order valence-electron chi connectivity index (χ0n) is 11.1. The van der Waals surface area contributed by atoms with Crippen molar-refractivity contribution in [2.75, 3.05) is 11.5 Å². The highest BCUT2D eigenvalue weighted by Gasteiger charge is 2.28. The zero-order valence-corrected chi connectivity index (χ0v) is 12.8. The monoisotopic (exact) mass is 282 g/mol. The summed E-state index contributed by atoms with van der Waals surface area (Å²) in [6.45, 7) is 4.45. The van der Waals surface area contributed by atoms with Gasteiger partial charge in [0.1, 0.15) is 0 Å². The van der Waals surface area contributed by atoms with Crippen LogP contribution in [0.15, 0.2) is 18.3 Å². The van der Waals surface area contributed by atoms with Crippen molar-refractivity contribution in [3.8, 4) is 0 Å². The molecular formula is C14H22N2S2. The highest BCUT2D eigenvalue weighted by Crippen LogP contribution is 2.33. The molecule has 100 valence electrons. The van der Waals surface area contributed by atoms with Crippen LogP contribution in [0.2, 0.25) is 0 Å².